The predicted molar refractivity (Wildman–Crippen MR) is 182 cm³/mol. The van der Waals surface area contributed by atoms with E-state index in [1.165, 1.54) is 41.8 Å². The molecule has 2 fully saturated rings. The lowest BCUT2D eigenvalue weighted by molar-refractivity contribution is -0.141. The van der Waals surface area contributed by atoms with E-state index in [2.05, 4.69) is 26.6 Å². The third kappa shape index (κ3) is 10.00. The molecule has 3 heterocycles. The molecule has 2 saturated heterocycles. The molecule has 15 heteroatoms. The Morgan fingerprint density at radius 3 is 2.28 bits per heavy atom. The van der Waals surface area contributed by atoms with Gasteiger partial charge in [0.05, 0.1) is 11.7 Å². The Labute approximate surface area is 290 Å². The fourth-order valence-electron chi connectivity index (χ4n) is 6.11. The van der Waals surface area contributed by atoms with E-state index in [9.17, 15) is 38.7 Å². The maximum absolute atomic E-state index is 13.9. The zero-order chi connectivity index (χ0) is 36.5. The Hall–Kier alpha value is -5.05. The van der Waals surface area contributed by atoms with E-state index < -0.39 is 71.8 Å². The highest BCUT2D eigenvalue weighted by atomic mass is 16.3. The van der Waals surface area contributed by atoms with Crippen molar-refractivity contribution in [3.63, 3.8) is 0 Å². The average molecular weight is 694 g/mol. The van der Waals surface area contributed by atoms with E-state index in [1.54, 1.807) is 24.3 Å². The molecule has 0 spiro atoms. The van der Waals surface area contributed by atoms with Gasteiger partial charge in [0.15, 0.2) is 0 Å². The van der Waals surface area contributed by atoms with Gasteiger partial charge >= 0.3 is 0 Å². The van der Waals surface area contributed by atoms with Crippen molar-refractivity contribution < 1.29 is 33.9 Å². The molecule has 50 heavy (non-hydrogen) atoms. The summed E-state index contributed by atoms with van der Waals surface area (Å²) in [5.74, 6) is -3.66. The molecule has 2 aliphatic heterocycles. The number of hydrogen-bond acceptors (Lipinski definition) is 8. The summed E-state index contributed by atoms with van der Waals surface area (Å²) in [4.78, 5) is 94.5. The molecule has 1 aromatic carbocycles. The highest BCUT2D eigenvalue weighted by Crippen LogP contribution is 2.20. The molecule has 4 rings (SSSR count). The summed E-state index contributed by atoms with van der Waals surface area (Å²) in [7, 11) is 1.49. The lowest BCUT2D eigenvalue weighted by atomic mass is 10.00. The number of carbonyl (C=O) groups is 6. The van der Waals surface area contributed by atoms with Crippen LogP contribution >= 0.6 is 0 Å². The quantitative estimate of drug-likeness (QED) is 0.223. The number of nitrogens with one attached hydrogen (secondary N) is 5. The van der Waals surface area contributed by atoms with Gasteiger partial charge in [-0.05, 0) is 43.7 Å². The molecule has 1 aromatic heterocycles. The highest BCUT2D eigenvalue weighted by molar-refractivity contribution is 5.99. The monoisotopic (exact) mass is 693 g/mol. The number of aryl methyl sites for hydroxylation is 1. The number of aromatic nitrogens is 1. The first kappa shape index (κ1) is 37.8. The van der Waals surface area contributed by atoms with E-state index in [0.29, 0.717) is 0 Å². The Morgan fingerprint density at radius 1 is 0.920 bits per heavy atom. The number of nitrogens with zero attached hydrogens (tertiary/aromatic N) is 2. The minimum atomic E-state index is -1.16. The number of benzene rings is 1. The number of carbonyl (C=O) groups excluding carboxylic acids is 6. The third-order valence-electron chi connectivity index (χ3n) is 8.79. The first-order valence-electron chi connectivity index (χ1n) is 16.9. The normalized spacial score (nSPS) is 25.8. The van der Waals surface area contributed by atoms with Gasteiger partial charge < -0.3 is 41.2 Å². The lowest BCUT2D eigenvalue weighted by Gasteiger charge is -2.29. The van der Waals surface area contributed by atoms with E-state index in [-0.39, 0.29) is 62.2 Å². The van der Waals surface area contributed by atoms with Crippen molar-refractivity contribution in [2.75, 3.05) is 13.1 Å². The van der Waals surface area contributed by atoms with Crippen molar-refractivity contribution in [2.24, 2.45) is 13.0 Å². The van der Waals surface area contributed by atoms with E-state index >= 15 is 0 Å². The standard InChI is InChI=1S/C35H47N7O8/c1-20(2)15-26-32(47)37-21(3)35(50)42-19-24(43)17-28(42)34(49)36-14-8-11-25(38-30(45)23-12-13-29(44)41(4)18-23)31(46)40-27(33(48)39-26)16-22-9-6-5-7-10-22/h5-7,9-10,12-13,18,20-21,24-28,43H,8,11,14-17,19H2,1-4H3,(H,36,49)(H,37,47)(H,38,45)(H,39,48)(H,40,46)/t21-,24+,25-,26-,27+,28-/m0/s1. The number of amides is 6. The van der Waals surface area contributed by atoms with Crippen LogP contribution in [-0.4, -0.2) is 99.4 Å². The Bertz CT molecular complexity index is 1630. The number of pyridine rings is 1. The molecule has 0 bridgehead atoms. The minimum absolute atomic E-state index is 0.00768. The summed E-state index contributed by atoms with van der Waals surface area (Å²) in [6.45, 7) is 5.20. The number of aliphatic hydroxyl groups excluding tert-OH is 1. The summed E-state index contributed by atoms with van der Waals surface area (Å²) in [5, 5.41) is 24.0. The Kier molecular flexibility index (Phi) is 12.9. The van der Waals surface area contributed by atoms with Gasteiger partial charge in [0, 0.05) is 45.2 Å². The Balaban J connectivity index is 1.67. The Morgan fingerprint density at radius 2 is 1.60 bits per heavy atom. The number of fused-ring (bicyclic) bond motifs is 1. The molecule has 0 saturated carbocycles. The van der Waals surface area contributed by atoms with Crippen molar-refractivity contribution in [1.29, 1.82) is 0 Å². The molecule has 6 atom stereocenters. The van der Waals surface area contributed by atoms with Crippen molar-refractivity contribution in [3.05, 3.63) is 70.1 Å². The summed E-state index contributed by atoms with van der Waals surface area (Å²) in [6, 6.07) is 6.10. The van der Waals surface area contributed by atoms with Crippen molar-refractivity contribution in [3.8, 4) is 0 Å². The number of hydrogen-bond donors (Lipinski definition) is 6. The first-order chi connectivity index (χ1) is 23.7. The van der Waals surface area contributed by atoms with Gasteiger partial charge in [-0.2, -0.15) is 0 Å². The van der Waals surface area contributed by atoms with Gasteiger partial charge in [-0.25, -0.2) is 0 Å². The van der Waals surface area contributed by atoms with Crippen LogP contribution in [-0.2, 0) is 37.4 Å². The maximum Gasteiger partial charge on any atom is 0.253 e. The second kappa shape index (κ2) is 17.1. The van der Waals surface area contributed by atoms with Crippen LogP contribution in [0.4, 0.5) is 0 Å². The van der Waals surface area contributed by atoms with Gasteiger partial charge in [0.1, 0.15) is 30.2 Å². The molecule has 15 nitrogen and oxygen atoms in total. The predicted octanol–water partition coefficient (Wildman–Crippen LogP) is -0.881. The van der Waals surface area contributed by atoms with Crippen LogP contribution < -0.4 is 32.1 Å². The molecule has 0 aliphatic carbocycles. The van der Waals surface area contributed by atoms with E-state index in [0.717, 1.165) is 5.56 Å². The minimum Gasteiger partial charge on any atom is -0.391 e. The van der Waals surface area contributed by atoms with Crippen LogP contribution in [0.15, 0.2) is 53.5 Å². The van der Waals surface area contributed by atoms with Crippen molar-refractivity contribution in [1.82, 2.24) is 36.1 Å². The highest BCUT2D eigenvalue weighted by Gasteiger charge is 2.41. The van der Waals surface area contributed by atoms with Crippen LogP contribution in [0.2, 0.25) is 0 Å². The molecule has 2 aromatic rings. The zero-order valence-electron chi connectivity index (χ0n) is 28.8. The molecule has 0 unspecified atom stereocenters. The maximum atomic E-state index is 13.9. The molecule has 6 amide bonds. The molecule has 6 N–H and O–H groups in total. The smallest absolute Gasteiger partial charge is 0.253 e. The fraction of sp³-hybridized carbons (Fsp3) is 0.514. The summed E-state index contributed by atoms with van der Waals surface area (Å²) in [5.41, 5.74) is 0.539. The molecule has 270 valence electrons. The van der Waals surface area contributed by atoms with Gasteiger partial charge in [-0.1, -0.05) is 44.2 Å². The molecular weight excluding hydrogens is 646 g/mol. The topological polar surface area (TPSA) is 208 Å². The van der Waals surface area contributed by atoms with E-state index in [4.69, 9.17) is 0 Å². The summed E-state index contributed by atoms with van der Waals surface area (Å²) < 4.78 is 1.23. The largest absolute Gasteiger partial charge is 0.391 e. The number of aliphatic hydroxyl groups is 1. The SMILES string of the molecule is CC(C)C[C@@H]1NC(=O)[C@@H](Cc2ccccc2)NC(=O)[C@@H](NC(=O)c2ccc(=O)n(C)c2)CCCNC(=O)[C@@H]2C[C@@H](O)CN2C(=O)[C@H](C)NC1=O. The third-order valence-corrected chi connectivity index (χ3v) is 8.79. The van der Waals surface area contributed by atoms with Crippen molar-refractivity contribution in [2.45, 2.75) is 89.2 Å². The van der Waals surface area contributed by atoms with Crippen LogP contribution in [0.25, 0.3) is 0 Å². The van der Waals surface area contributed by atoms with Crippen LogP contribution in [0, 0.1) is 5.92 Å². The number of rotatable bonds is 6. The molecule has 2 aliphatic rings. The second-order valence-corrected chi connectivity index (χ2v) is 13.4. The van der Waals surface area contributed by atoms with Gasteiger partial charge in [0.25, 0.3) is 5.91 Å². The van der Waals surface area contributed by atoms with Crippen LogP contribution in [0.3, 0.4) is 0 Å². The lowest BCUT2D eigenvalue weighted by Crippen LogP contribution is -2.59. The fourth-order valence-corrected chi connectivity index (χ4v) is 6.11. The van der Waals surface area contributed by atoms with Crippen molar-refractivity contribution >= 4 is 35.4 Å². The van der Waals surface area contributed by atoms with Gasteiger partial charge in [-0.3, -0.25) is 33.6 Å². The van der Waals surface area contributed by atoms with Crippen LogP contribution in [0.1, 0.15) is 62.4 Å². The average Bonchev–Trinajstić information content (AvgIpc) is 3.47. The summed E-state index contributed by atoms with van der Waals surface area (Å²) in [6.07, 6.45) is 0.964. The zero-order valence-corrected chi connectivity index (χ0v) is 28.8. The second-order valence-electron chi connectivity index (χ2n) is 13.4. The van der Waals surface area contributed by atoms with Gasteiger partial charge in [0.2, 0.25) is 35.1 Å². The first-order valence-corrected chi connectivity index (χ1v) is 16.9. The molecular formula is C35H47N7O8. The van der Waals surface area contributed by atoms with Gasteiger partial charge in [-0.15, -0.1) is 0 Å². The summed E-state index contributed by atoms with van der Waals surface area (Å²) >= 11 is 0. The molecule has 0 radical (unpaired) electrons. The van der Waals surface area contributed by atoms with E-state index in [1.807, 2.05) is 19.9 Å². The van der Waals surface area contributed by atoms with Crippen LogP contribution in [0.5, 0.6) is 0 Å².